The minimum atomic E-state index is -4.24. The van der Waals surface area contributed by atoms with Crippen molar-refractivity contribution in [3.63, 3.8) is 0 Å². The fourth-order valence-corrected chi connectivity index (χ4v) is 6.14. The smallest absolute Gasteiger partial charge is 0.264 e. The van der Waals surface area contributed by atoms with Gasteiger partial charge >= 0.3 is 0 Å². The highest BCUT2D eigenvalue weighted by Gasteiger charge is 2.33. The van der Waals surface area contributed by atoms with Crippen molar-refractivity contribution in [1.82, 2.24) is 10.2 Å². The van der Waals surface area contributed by atoms with E-state index in [1.165, 1.54) is 43.4 Å². The lowest BCUT2D eigenvalue weighted by Crippen LogP contribution is -2.51. The molecule has 3 rings (SSSR count). The van der Waals surface area contributed by atoms with Crippen LogP contribution in [0.4, 0.5) is 5.69 Å². The summed E-state index contributed by atoms with van der Waals surface area (Å²) in [5.41, 5.74) is 0.603. The molecule has 0 bridgehead atoms. The molecule has 1 atom stereocenters. The second-order valence-corrected chi connectivity index (χ2v) is 12.1. The molecule has 0 fully saturated rings. The van der Waals surface area contributed by atoms with Crippen LogP contribution in [0.5, 0.6) is 11.5 Å². The molecular formula is C30H35Cl2N3O6S. The summed E-state index contributed by atoms with van der Waals surface area (Å²) in [5, 5.41) is 3.47. The van der Waals surface area contributed by atoms with Crippen LogP contribution in [0.1, 0.15) is 32.3 Å². The van der Waals surface area contributed by atoms with Gasteiger partial charge in [0.05, 0.1) is 24.8 Å². The number of anilines is 1. The minimum absolute atomic E-state index is 0.0151. The van der Waals surface area contributed by atoms with Gasteiger partial charge in [0.1, 0.15) is 12.6 Å². The van der Waals surface area contributed by atoms with Crippen LogP contribution in [0, 0.1) is 0 Å². The van der Waals surface area contributed by atoms with Crippen molar-refractivity contribution in [2.75, 3.05) is 31.6 Å². The molecule has 0 aliphatic rings. The number of amides is 2. The first-order valence-electron chi connectivity index (χ1n) is 13.3. The monoisotopic (exact) mass is 635 g/mol. The molecule has 0 aromatic heterocycles. The quantitative estimate of drug-likeness (QED) is 0.233. The van der Waals surface area contributed by atoms with E-state index in [1.807, 2.05) is 6.92 Å². The summed E-state index contributed by atoms with van der Waals surface area (Å²) in [6.07, 6.45) is 1.65. The molecule has 2 amide bonds. The number of rotatable bonds is 14. The van der Waals surface area contributed by atoms with E-state index < -0.39 is 28.5 Å². The lowest BCUT2D eigenvalue weighted by Gasteiger charge is -2.32. The van der Waals surface area contributed by atoms with Gasteiger partial charge in [0.2, 0.25) is 11.8 Å². The normalized spacial score (nSPS) is 11.9. The molecule has 0 aliphatic carbocycles. The first kappa shape index (κ1) is 33.0. The highest BCUT2D eigenvalue weighted by atomic mass is 35.5. The van der Waals surface area contributed by atoms with Gasteiger partial charge in [-0.25, -0.2) is 8.42 Å². The molecule has 3 aromatic rings. The SMILES string of the molecule is CCCCNC(=O)[C@H](C)N(Cc1c(Cl)cccc1Cl)C(=O)CN(c1ccc(OC)c(OC)c1)S(=O)(=O)c1ccccc1. The van der Waals surface area contributed by atoms with E-state index in [0.717, 1.165) is 17.1 Å². The van der Waals surface area contributed by atoms with Crippen LogP contribution in [-0.4, -0.2) is 58.5 Å². The number of halogens is 2. The Labute approximate surface area is 257 Å². The minimum Gasteiger partial charge on any atom is -0.493 e. The van der Waals surface area contributed by atoms with E-state index in [0.29, 0.717) is 27.9 Å². The van der Waals surface area contributed by atoms with Crippen molar-refractivity contribution in [2.45, 2.75) is 44.2 Å². The van der Waals surface area contributed by atoms with Crippen LogP contribution >= 0.6 is 23.2 Å². The van der Waals surface area contributed by atoms with Crippen LogP contribution in [0.15, 0.2) is 71.6 Å². The Morgan fingerprint density at radius 3 is 2.17 bits per heavy atom. The highest BCUT2D eigenvalue weighted by Crippen LogP contribution is 2.34. The number of nitrogens with zero attached hydrogens (tertiary/aromatic N) is 2. The number of nitrogens with one attached hydrogen (secondary N) is 1. The summed E-state index contributed by atoms with van der Waals surface area (Å²) in [6, 6.07) is 16.3. The number of carbonyl (C=O) groups is 2. The first-order valence-corrected chi connectivity index (χ1v) is 15.5. The molecule has 1 N–H and O–H groups in total. The molecular weight excluding hydrogens is 601 g/mol. The average Bonchev–Trinajstić information content (AvgIpc) is 2.99. The third-order valence-electron chi connectivity index (χ3n) is 6.65. The Balaban J connectivity index is 2.08. The Kier molecular flexibility index (Phi) is 11.9. The van der Waals surface area contributed by atoms with Crippen LogP contribution in [0.2, 0.25) is 10.0 Å². The summed E-state index contributed by atoms with van der Waals surface area (Å²) in [4.78, 5) is 28.5. The summed E-state index contributed by atoms with van der Waals surface area (Å²) < 4.78 is 39.6. The maximum atomic E-state index is 14.1. The number of carbonyl (C=O) groups excluding carboxylic acids is 2. The van der Waals surface area contributed by atoms with Crippen molar-refractivity contribution in [1.29, 1.82) is 0 Å². The third kappa shape index (κ3) is 7.87. The fourth-order valence-electron chi connectivity index (χ4n) is 4.20. The lowest BCUT2D eigenvalue weighted by atomic mass is 10.1. The molecule has 0 saturated carbocycles. The largest absolute Gasteiger partial charge is 0.493 e. The van der Waals surface area contributed by atoms with Gasteiger partial charge in [-0.15, -0.1) is 0 Å². The zero-order valence-electron chi connectivity index (χ0n) is 24.0. The topological polar surface area (TPSA) is 105 Å². The molecule has 0 heterocycles. The molecule has 12 heteroatoms. The van der Waals surface area contributed by atoms with Crippen LogP contribution in [0.25, 0.3) is 0 Å². The van der Waals surface area contributed by atoms with Crippen molar-refractivity contribution in [3.05, 3.63) is 82.3 Å². The summed E-state index contributed by atoms with van der Waals surface area (Å²) in [7, 11) is -1.35. The van der Waals surface area contributed by atoms with E-state index in [2.05, 4.69) is 5.32 Å². The van der Waals surface area contributed by atoms with Crippen LogP contribution < -0.4 is 19.1 Å². The number of methoxy groups -OCH3 is 2. The standard InChI is InChI=1S/C30H35Cl2N3O6S/c1-5-6-17-33-30(37)21(2)34(19-24-25(31)13-10-14-26(24)32)29(36)20-35(42(38,39)23-11-8-7-9-12-23)22-15-16-27(40-3)28(18-22)41-4/h7-16,18,21H,5-6,17,19-20H2,1-4H3,(H,33,37)/t21-/m0/s1. The van der Waals surface area contributed by atoms with E-state index in [4.69, 9.17) is 32.7 Å². The van der Waals surface area contributed by atoms with Gasteiger partial charge in [-0.2, -0.15) is 0 Å². The van der Waals surface area contributed by atoms with Gasteiger partial charge in [-0.1, -0.05) is 60.8 Å². The molecule has 0 radical (unpaired) electrons. The maximum absolute atomic E-state index is 14.1. The lowest BCUT2D eigenvalue weighted by molar-refractivity contribution is -0.139. The molecule has 0 aliphatic heterocycles. The van der Waals surface area contributed by atoms with E-state index in [9.17, 15) is 18.0 Å². The summed E-state index contributed by atoms with van der Waals surface area (Å²) in [6.45, 7) is 3.28. The van der Waals surface area contributed by atoms with E-state index in [1.54, 1.807) is 49.4 Å². The number of sulfonamides is 1. The van der Waals surface area contributed by atoms with Crippen LogP contribution in [-0.2, 0) is 26.2 Å². The third-order valence-corrected chi connectivity index (χ3v) is 9.15. The van der Waals surface area contributed by atoms with Crippen LogP contribution in [0.3, 0.4) is 0 Å². The van der Waals surface area contributed by atoms with Crippen molar-refractivity contribution in [2.24, 2.45) is 0 Å². The summed E-state index contributed by atoms with van der Waals surface area (Å²) in [5.74, 6) is -0.363. The predicted octanol–water partition coefficient (Wildman–Crippen LogP) is 5.54. The van der Waals surface area contributed by atoms with E-state index >= 15 is 0 Å². The average molecular weight is 637 g/mol. The van der Waals surface area contributed by atoms with Gasteiger partial charge in [-0.05, 0) is 49.7 Å². The van der Waals surface area contributed by atoms with E-state index in [-0.39, 0.29) is 28.8 Å². The molecule has 0 unspecified atom stereocenters. The molecule has 0 spiro atoms. The van der Waals surface area contributed by atoms with Gasteiger partial charge in [-0.3, -0.25) is 13.9 Å². The Hall–Kier alpha value is -3.47. The van der Waals surface area contributed by atoms with Crippen molar-refractivity contribution in [3.8, 4) is 11.5 Å². The first-order chi connectivity index (χ1) is 20.0. The fraction of sp³-hybridized carbons (Fsp3) is 0.333. The molecule has 3 aromatic carbocycles. The Bertz CT molecular complexity index is 1470. The number of unbranched alkanes of at least 4 members (excludes halogenated alkanes) is 1. The van der Waals surface area contributed by atoms with Gasteiger partial charge < -0.3 is 19.7 Å². The second-order valence-electron chi connectivity index (χ2n) is 9.41. The Morgan fingerprint density at radius 1 is 0.929 bits per heavy atom. The molecule has 0 saturated heterocycles. The zero-order chi connectivity index (χ0) is 30.9. The zero-order valence-corrected chi connectivity index (χ0v) is 26.3. The molecule has 42 heavy (non-hydrogen) atoms. The molecule has 226 valence electrons. The number of benzene rings is 3. The summed E-state index contributed by atoms with van der Waals surface area (Å²) >= 11 is 12.9. The van der Waals surface area contributed by atoms with Gasteiger partial charge in [0.15, 0.2) is 11.5 Å². The van der Waals surface area contributed by atoms with Gasteiger partial charge in [0, 0.05) is 34.8 Å². The highest BCUT2D eigenvalue weighted by molar-refractivity contribution is 7.92. The predicted molar refractivity (Wildman–Crippen MR) is 165 cm³/mol. The maximum Gasteiger partial charge on any atom is 0.264 e. The Morgan fingerprint density at radius 2 is 1.57 bits per heavy atom. The number of ether oxygens (including phenoxy) is 2. The van der Waals surface area contributed by atoms with Crippen molar-refractivity contribution >= 4 is 50.7 Å². The number of hydrogen-bond acceptors (Lipinski definition) is 6. The van der Waals surface area contributed by atoms with Gasteiger partial charge in [0.25, 0.3) is 10.0 Å². The second kappa shape index (κ2) is 15.1. The number of hydrogen-bond donors (Lipinski definition) is 1. The molecule has 9 nitrogen and oxygen atoms in total. The van der Waals surface area contributed by atoms with Crippen molar-refractivity contribution < 1.29 is 27.5 Å².